The molecular formula is C15H12BrClN2O2. The number of halogens is 2. The van der Waals surface area contributed by atoms with Crippen LogP contribution in [-0.4, -0.2) is 19.2 Å². The van der Waals surface area contributed by atoms with Gasteiger partial charge in [-0.15, -0.1) is 0 Å². The lowest BCUT2D eigenvalue weighted by Gasteiger charge is -2.03. The summed E-state index contributed by atoms with van der Waals surface area (Å²) in [6.07, 6.45) is 1.54. The van der Waals surface area contributed by atoms with Gasteiger partial charge in [0.25, 0.3) is 5.91 Å². The third-order valence-corrected chi connectivity index (χ3v) is 3.65. The molecule has 4 nitrogen and oxygen atoms in total. The third kappa shape index (κ3) is 4.31. The van der Waals surface area contributed by atoms with E-state index in [4.69, 9.17) is 16.3 Å². The van der Waals surface area contributed by atoms with Crippen molar-refractivity contribution in [1.29, 1.82) is 0 Å². The normalized spacial score (nSPS) is 10.6. The largest absolute Gasteiger partial charge is 0.497 e. The molecule has 0 aromatic heterocycles. The van der Waals surface area contributed by atoms with Gasteiger partial charge in [-0.25, -0.2) is 5.43 Å². The van der Waals surface area contributed by atoms with Crippen molar-refractivity contribution in [3.63, 3.8) is 0 Å². The van der Waals surface area contributed by atoms with Gasteiger partial charge in [0.1, 0.15) is 5.75 Å². The predicted molar refractivity (Wildman–Crippen MR) is 87.2 cm³/mol. The van der Waals surface area contributed by atoms with E-state index in [0.717, 1.165) is 10.0 Å². The second kappa shape index (κ2) is 7.24. The molecule has 0 heterocycles. The molecule has 0 fully saturated rings. The SMILES string of the molecule is COc1ccc(Br)c(/C=N\NC(=O)c2ccc(Cl)cc2)c1. The number of nitrogens with one attached hydrogen (secondary N) is 1. The van der Waals surface area contributed by atoms with Crippen LogP contribution in [0.2, 0.25) is 5.02 Å². The van der Waals surface area contributed by atoms with Crippen molar-refractivity contribution in [3.05, 3.63) is 63.1 Å². The van der Waals surface area contributed by atoms with Crippen LogP contribution in [-0.2, 0) is 0 Å². The van der Waals surface area contributed by atoms with Crippen LogP contribution >= 0.6 is 27.5 Å². The highest BCUT2D eigenvalue weighted by atomic mass is 79.9. The molecule has 0 spiro atoms. The topological polar surface area (TPSA) is 50.7 Å². The van der Waals surface area contributed by atoms with Crippen LogP contribution in [0.25, 0.3) is 0 Å². The molecule has 2 rings (SSSR count). The molecule has 0 saturated heterocycles. The molecule has 0 radical (unpaired) electrons. The first-order valence-corrected chi connectivity index (χ1v) is 7.20. The van der Waals surface area contributed by atoms with Gasteiger partial charge in [0.2, 0.25) is 0 Å². The van der Waals surface area contributed by atoms with Crippen molar-refractivity contribution in [2.24, 2.45) is 5.10 Å². The number of hydrazone groups is 1. The van der Waals surface area contributed by atoms with E-state index in [1.54, 1.807) is 37.6 Å². The van der Waals surface area contributed by atoms with Crippen LogP contribution in [0.15, 0.2) is 52.0 Å². The fraction of sp³-hybridized carbons (Fsp3) is 0.0667. The number of hydrogen-bond donors (Lipinski definition) is 1. The molecule has 108 valence electrons. The quantitative estimate of drug-likeness (QED) is 0.659. The summed E-state index contributed by atoms with van der Waals surface area (Å²) in [6, 6.07) is 12.1. The fourth-order valence-corrected chi connectivity index (χ4v) is 2.05. The summed E-state index contributed by atoms with van der Waals surface area (Å²) in [5.41, 5.74) is 3.74. The fourth-order valence-electron chi connectivity index (χ4n) is 1.57. The average molecular weight is 368 g/mol. The van der Waals surface area contributed by atoms with Gasteiger partial charge >= 0.3 is 0 Å². The van der Waals surface area contributed by atoms with Gasteiger partial charge in [-0.2, -0.15) is 5.10 Å². The first-order chi connectivity index (χ1) is 10.1. The van der Waals surface area contributed by atoms with Crippen molar-refractivity contribution in [1.82, 2.24) is 5.43 Å². The minimum Gasteiger partial charge on any atom is -0.497 e. The number of nitrogens with zero attached hydrogens (tertiary/aromatic N) is 1. The Labute approximate surface area is 135 Å². The average Bonchev–Trinajstić information content (AvgIpc) is 2.49. The van der Waals surface area contributed by atoms with Gasteiger partial charge in [0.15, 0.2) is 0 Å². The van der Waals surface area contributed by atoms with Gasteiger partial charge in [-0.1, -0.05) is 27.5 Å². The Bertz CT molecular complexity index is 672. The van der Waals surface area contributed by atoms with E-state index < -0.39 is 0 Å². The van der Waals surface area contributed by atoms with Crippen LogP contribution in [0.3, 0.4) is 0 Å². The van der Waals surface area contributed by atoms with Crippen molar-refractivity contribution in [2.75, 3.05) is 7.11 Å². The maximum Gasteiger partial charge on any atom is 0.271 e. The maximum absolute atomic E-state index is 11.8. The molecule has 0 aliphatic heterocycles. The summed E-state index contributed by atoms with van der Waals surface area (Å²) in [7, 11) is 1.59. The van der Waals surface area contributed by atoms with Crippen molar-refractivity contribution in [3.8, 4) is 5.75 Å². The predicted octanol–water partition coefficient (Wildman–Crippen LogP) is 3.88. The number of methoxy groups -OCH3 is 1. The number of hydrogen-bond acceptors (Lipinski definition) is 3. The molecule has 0 atom stereocenters. The van der Waals surface area contributed by atoms with Gasteiger partial charge in [-0.3, -0.25) is 4.79 Å². The molecule has 0 saturated carbocycles. The Hall–Kier alpha value is -1.85. The van der Waals surface area contributed by atoms with E-state index in [0.29, 0.717) is 16.3 Å². The van der Waals surface area contributed by atoms with Crippen LogP contribution in [0.5, 0.6) is 5.75 Å². The van der Waals surface area contributed by atoms with Crippen LogP contribution < -0.4 is 10.2 Å². The molecule has 1 N–H and O–H groups in total. The summed E-state index contributed by atoms with van der Waals surface area (Å²) >= 11 is 9.17. The Morgan fingerprint density at radius 3 is 2.67 bits per heavy atom. The van der Waals surface area contributed by atoms with Crippen molar-refractivity contribution in [2.45, 2.75) is 0 Å². The van der Waals surface area contributed by atoms with Crippen LogP contribution in [0, 0.1) is 0 Å². The van der Waals surface area contributed by atoms with E-state index in [1.165, 1.54) is 0 Å². The number of ether oxygens (including phenoxy) is 1. The molecule has 6 heteroatoms. The van der Waals surface area contributed by atoms with Crippen molar-refractivity contribution < 1.29 is 9.53 Å². The van der Waals surface area contributed by atoms with Gasteiger partial charge in [0, 0.05) is 20.6 Å². The smallest absolute Gasteiger partial charge is 0.271 e. The minimum absolute atomic E-state index is 0.304. The first kappa shape index (κ1) is 15.5. The Kier molecular flexibility index (Phi) is 5.36. The van der Waals surface area contributed by atoms with Crippen LogP contribution in [0.4, 0.5) is 0 Å². The summed E-state index contributed by atoms with van der Waals surface area (Å²) in [6.45, 7) is 0. The highest BCUT2D eigenvalue weighted by Crippen LogP contribution is 2.20. The zero-order valence-corrected chi connectivity index (χ0v) is 13.5. The van der Waals surface area contributed by atoms with Gasteiger partial charge in [0.05, 0.1) is 13.3 Å². The molecule has 0 bridgehead atoms. The maximum atomic E-state index is 11.8. The lowest BCUT2D eigenvalue weighted by molar-refractivity contribution is 0.0955. The first-order valence-electron chi connectivity index (χ1n) is 6.02. The second-order valence-electron chi connectivity index (χ2n) is 4.09. The minimum atomic E-state index is -0.304. The monoisotopic (exact) mass is 366 g/mol. The van der Waals surface area contributed by atoms with Gasteiger partial charge in [-0.05, 0) is 42.5 Å². The lowest BCUT2D eigenvalue weighted by atomic mass is 10.2. The Morgan fingerprint density at radius 1 is 1.29 bits per heavy atom. The second-order valence-corrected chi connectivity index (χ2v) is 5.38. The third-order valence-electron chi connectivity index (χ3n) is 2.68. The Balaban J connectivity index is 2.05. The molecule has 0 unspecified atom stereocenters. The molecule has 1 amide bonds. The molecule has 21 heavy (non-hydrogen) atoms. The van der Waals surface area contributed by atoms with E-state index >= 15 is 0 Å². The molecule has 0 aliphatic carbocycles. The number of carbonyl (C=O) groups excluding carboxylic acids is 1. The summed E-state index contributed by atoms with van der Waals surface area (Å²) in [5.74, 6) is 0.408. The lowest BCUT2D eigenvalue weighted by Crippen LogP contribution is -2.17. The van der Waals surface area contributed by atoms with E-state index in [9.17, 15) is 4.79 Å². The standard InChI is InChI=1S/C15H12BrClN2O2/c1-21-13-6-7-14(16)11(8-13)9-18-19-15(20)10-2-4-12(17)5-3-10/h2-9H,1H3,(H,19,20)/b18-9-. The van der Waals surface area contributed by atoms with E-state index in [2.05, 4.69) is 26.5 Å². The molecular weight excluding hydrogens is 356 g/mol. The molecule has 2 aromatic rings. The van der Waals surface area contributed by atoms with E-state index in [-0.39, 0.29) is 5.91 Å². The van der Waals surface area contributed by atoms with Gasteiger partial charge < -0.3 is 4.74 Å². The molecule has 2 aromatic carbocycles. The zero-order valence-electron chi connectivity index (χ0n) is 11.1. The highest BCUT2D eigenvalue weighted by molar-refractivity contribution is 9.10. The van der Waals surface area contributed by atoms with E-state index in [1.807, 2.05) is 18.2 Å². The van der Waals surface area contributed by atoms with Crippen molar-refractivity contribution >= 4 is 39.7 Å². The number of benzene rings is 2. The highest BCUT2D eigenvalue weighted by Gasteiger charge is 2.04. The van der Waals surface area contributed by atoms with Crippen LogP contribution in [0.1, 0.15) is 15.9 Å². The summed E-state index contributed by atoms with van der Waals surface area (Å²) in [4.78, 5) is 11.8. The molecule has 0 aliphatic rings. The zero-order chi connectivity index (χ0) is 15.2. The summed E-state index contributed by atoms with van der Waals surface area (Å²) < 4.78 is 5.99. The number of carbonyl (C=O) groups is 1. The Morgan fingerprint density at radius 2 is 2.00 bits per heavy atom. The number of rotatable bonds is 4. The number of amides is 1. The summed E-state index contributed by atoms with van der Waals surface area (Å²) in [5, 5.41) is 4.51.